The number of hydrogen-bond donors (Lipinski definition) is 1. The Morgan fingerprint density at radius 3 is 1.70 bits per heavy atom. The molecule has 1 unspecified atom stereocenters. The van der Waals surface area contributed by atoms with Gasteiger partial charge in [-0.2, -0.15) is 0 Å². The van der Waals surface area contributed by atoms with E-state index < -0.39 is 32.5 Å². The van der Waals surface area contributed by atoms with E-state index >= 15 is 0 Å². The van der Waals surface area contributed by atoms with Crippen LogP contribution < -0.4 is 0 Å². The number of carbonyl (C=O) groups excluding carboxylic acids is 3. The van der Waals surface area contributed by atoms with Gasteiger partial charge in [0.1, 0.15) is 19.8 Å². The molecule has 0 aromatic rings. The van der Waals surface area contributed by atoms with Crippen molar-refractivity contribution in [1.82, 2.24) is 0 Å². The van der Waals surface area contributed by atoms with Gasteiger partial charge in [0.05, 0.1) is 27.7 Å². The predicted molar refractivity (Wildman–Crippen MR) is 234 cm³/mol. The van der Waals surface area contributed by atoms with Crippen molar-refractivity contribution in [2.75, 3.05) is 47.5 Å². The van der Waals surface area contributed by atoms with Crippen molar-refractivity contribution in [3.8, 4) is 0 Å². The maximum Gasteiger partial charge on any atom is 0.472 e. The van der Waals surface area contributed by atoms with Gasteiger partial charge in [-0.25, -0.2) is 4.57 Å². The summed E-state index contributed by atoms with van der Waals surface area (Å²) in [6.07, 6.45) is 40.8. The molecular weight excluding hydrogens is 741 g/mol. The van der Waals surface area contributed by atoms with Gasteiger partial charge in [-0.15, -0.1) is 0 Å². The highest BCUT2D eigenvalue weighted by Crippen LogP contribution is 2.43. The SMILES string of the molecule is CCCCC/C=C\C=C\C(=O)CCCCCCCC(=O)O[C@H](COC(=O)CCCCCC/C=C\C/C=C\C/C=C\CCCCC)COP(=O)(O)OCC[N+](C)(C)C. The lowest BCUT2D eigenvalue weighted by atomic mass is 10.1. The Kier molecular flexibility index (Phi) is 35.9. The molecule has 0 aromatic heterocycles. The maximum absolute atomic E-state index is 12.7. The molecule has 0 heterocycles. The Bertz CT molecular complexity index is 1220. The minimum absolute atomic E-state index is 0.00309. The molecule has 0 saturated carbocycles. The number of unbranched alkanes of at least 4 members (excludes halogenated alkanes) is 14. The van der Waals surface area contributed by atoms with Crippen LogP contribution in [0.3, 0.4) is 0 Å². The van der Waals surface area contributed by atoms with Crippen molar-refractivity contribution in [2.45, 2.75) is 168 Å². The van der Waals surface area contributed by atoms with E-state index in [1.54, 1.807) is 6.08 Å². The van der Waals surface area contributed by atoms with E-state index in [0.29, 0.717) is 30.3 Å². The first-order valence-electron chi connectivity index (χ1n) is 22.0. The Balaban J connectivity index is 4.50. The van der Waals surface area contributed by atoms with Crippen LogP contribution in [0.2, 0.25) is 0 Å². The molecule has 57 heavy (non-hydrogen) atoms. The number of phosphoric ester groups is 1. The first-order valence-corrected chi connectivity index (χ1v) is 23.5. The monoisotopic (exact) mass is 823 g/mol. The van der Waals surface area contributed by atoms with Crippen molar-refractivity contribution in [2.24, 2.45) is 0 Å². The van der Waals surface area contributed by atoms with Gasteiger partial charge in [0.15, 0.2) is 11.9 Å². The topological polar surface area (TPSA) is 125 Å². The molecule has 328 valence electrons. The van der Waals surface area contributed by atoms with Gasteiger partial charge in [0, 0.05) is 19.3 Å². The summed E-state index contributed by atoms with van der Waals surface area (Å²) < 4.78 is 34.2. The number of quaternary nitrogens is 1. The van der Waals surface area contributed by atoms with Crippen molar-refractivity contribution >= 4 is 25.5 Å². The first-order chi connectivity index (χ1) is 27.4. The molecule has 0 aliphatic rings. The van der Waals surface area contributed by atoms with E-state index in [1.807, 2.05) is 33.3 Å². The third-order valence-electron chi connectivity index (χ3n) is 9.00. The van der Waals surface area contributed by atoms with E-state index in [2.05, 4.69) is 56.4 Å². The molecule has 2 atom stereocenters. The zero-order valence-corrected chi connectivity index (χ0v) is 37.4. The number of esters is 2. The first kappa shape index (κ1) is 54.4. The van der Waals surface area contributed by atoms with E-state index in [9.17, 15) is 23.8 Å². The van der Waals surface area contributed by atoms with Crippen LogP contribution in [0, 0.1) is 0 Å². The Morgan fingerprint density at radius 1 is 0.596 bits per heavy atom. The highest BCUT2D eigenvalue weighted by molar-refractivity contribution is 7.47. The molecular formula is C46H81NO9P+. The number of allylic oxidation sites excluding steroid dienone is 10. The number of ketones is 1. The van der Waals surface area contributed by atoms with E-state index in [-0.39, 0.29) is 31.8 Å². The standard InChI is InChI=1S/C46H80NO9P/c1-6-8-10-12-14-15-16-17-18-19-20-21-22-23-25-29-33-37-45(49)53-41-44(42-55-57(51,52)54-40-39-47(3,4)5)56-46(50)38-34-30-26-28-32-36-43(48)35-31-27-24-13-11-9-7-2/h14-15,17-18,20-21,24,27,31,35,44H,6-13,16,19,22-23,25-26,28-30,32-34,36-42H2,1-5H3/p+1/b15-14-,18-17-,21-20-,27-24-,35-31+/t44-/m1/s1. The largest absolute Gasteiger partial charge is 0.472 e. The Hall–Kier alpha value is -2.62. The van der Waals surface area contributed by atoms with Crippen LogP contribution in [0.5, 0.6) is 0 Å². The van der Waals surface area contributed by atoms with Gasteiger partial charge in [-0.3, -0.25) is 23.4 Å². The van der Waals surface area contributed by atoms with Crippen molar-refractivity contribution in [1.29, 1.82) is 0 Å². The van der Waals surface area contributed by atoms with Gasteiger partial charge < -0.3 is 18.9 Å². The second-order valence-electron chi connectivity index (χ2n) is 15.8. The zero-order chi connectivity index (χ0) is 42.3. The molecule has 0 aliphatic carbocycles. The summed E-state index contributed by atoms with van der Waals surface area (Å²) in [6, 6.07) is 0. The number of carbonyl (C=O) groups is 3. The second-order valence-corrected chi connectivity index (χ2v) is 17.2. The highest BCUT2D eigenvalue weighted by atomic mass is 31.2. The molecule has 0 saturated heterocycles. The van der Waals surface area contributed by atoms with E-state index in [0.717, 1.165) is 70.6 Å². The molecule has 0 amide bonds. The number of ether oxygens (including phenoxy) is 2. The molecule has 0 spiro atoms. The van der Waals surface area contributed by atoms with Gasteiger partial charge in [0.25, 0.3) is 0 Å². The van der Waals surface area contributed by atoms with Crippen LogP contribution in [0.4, 0.5) is 0 Å². The molecule has 0 bridgehead atoms. The third kappa shape index (κ3) is 41.3. The number of likely N-dealkylation sites (N-methyl/N-ethyl adjacent to an activating group) is 1. The maximum atomic E-state index is 12.7. The summed E-state index contributed by atoms with van der Waals surface area (Å²) >= 11 is 0. The zero-order valence-electron chi connectivity index (χ0n) is 36.6. The molecule has 0 aliphatic heterocycles. The fourth-order valence-electron chi connectivity index (χ4n) is 5.47. The van der Waals surface area contributed by atoms with Crippen molar-refractivity contribution in [3.05, 3.63) is 60.8 Å². The number of hydrogen-bond acceptors (Lipinski definition) is 8. The van der Waals surface area contributed by atoms with Crippen LogP contribution >= 0.6 is 7.82 Å². The highest BCUT2D eigenvalue weighted by Gasteiger charge is 2.27. The van der Waals surface area contributed by atoms with Crippen LogP contribution in [0.25, 0.3) is 0 Å². The fourth-order valence-corrected chi connectivity index (χ4v) is 6.21. The number of phosphoric acid groups is 1. The van der Waals surface area contributed by atoms with Gasteiger partial charge in [0.2, 0.25) is 0 Å². The Morgan fingerprint density at radius 2 is 1.11 bits per heavy atom. The van der Waals surface area contributed by atoms with Crippen LogP contribution in [-0.2, 0) is 37.5 Å². The summed E-state index contributed by atoms with van der Waals surface area (Å²) in [6.45, 7) is 4.16. The molecule has 0 radical (unpaired) electrons. The molecule has 1 N–H and O–H groups in total. The fraction of sp³-hybridized carbons (Fsp3) is 0.717. The lowest BCUT2D eigenvalue weighted by Gasteiger charge is -2.24. The van der Waals surface area contributed by atoms with Gasteiger partial charge in [-0.05, 0) is 76.7 Å². The van der Waals surface area contributed by atoms with Gasteiger partial charge in [-0.1, -0.05) is 126 Å². The minimum Gasteiger partial charge on any atom is -0.462 e. The minimum atomic E-state index is -4.41. The molecule has 0 aromatic carbocycles. The lowest BCUT2D eigenvalue weighted by Crippen LogP contribution is -2.37. The average Bonchev–Trinajstić information content (AvgIpc) is 3.15. The molecule has 0 rings (SSSR count). The van der Waals surface area contributed by atoms with Crippen LogP contribution in [0.15, 0.2) is 60.8 Å². The molecule has 10 nitrogen and oxygen atoms in total. The lowest BCUT2D eigenvalue weighted by molar-refractivity contribution is -0.870. The summed E-state index contributed by atoms with van der Waals surface area (Å²) in [5.74, 6) is -0.804. The van der Waals surface area contributed by atoms with Crippen molar-refractivity contribution in [3.63, 3.8) is 0 Å². The predicted octanol–water partition coefficient (Wildman–Crippen LogP) is 11.6. The van der Waals surface area contributed by atoms with Crippen LogP contribution in [-0.4, -0.2) is 80.7 Å². The Labute approximate surface area is 347 Å². The van der Waals surface area contributed by atoms with Gasteiger partial charge >= 0.3 is 19.8 Å². The second kappa shape index (κ2) is 37.6. The quantitative estimate of drug-likeness (QED) is 0.0123. The summed E-state index contributed by atoms with van der Waals surface area (Å²) in [5, 5.41) is 0. The third-order valence-corrected chi connectivity index (χ3v) is 9.98. The van der Waals surface area contributed by atoms with E-state index in [1.165, 1.54) is 44.9 Å². The normalized spacial score (nSPS) is 14.1. The molecule has 0 fully saturated rings. The van der Waals surface area contributed by atoms with Crippen LogP contribution in [0.1, 0.15) is 162 Å². The average molecular weight is 823 g/mol. The number of nitrogens with zero attached hydrogens (tertiary/aromatic N) is 1. The smallest absolute Gasteiger partial charge is 0.462 e. The summed E-state index contributed by atoms with van der Waals surface area (Å²) in [4.78, 5) is 47.4. The summed E-state index contributed by atoms with van der Waals surface area (Å²) in [7, 11) is 1.38. The van der Waals surface area contributed by atoms with E-state index in [4.69, 9.17) is 18.5 Å². The summed E-state index contributed by atoms with van der Waals surface area (Å²) in [5.41, 5.74) is 0. The molecule has 11 heteroatoms. The number of rotatable bonds is 39. The van der Waals surface area contributed by atoms with Crippen molar-refractivity contribution < 1.29 is 46.8 Å².